The first kappa shape index (κ1) is 20.8. The number of aryl methyl sites for hydroxylation is 1. The molecule has 8 heteroatoms. The normalized spacial score (nSPS) is 21.2. The van der Waals surface area contributed by atoms with E-state index in [1.807, 2.05) is 13.1 Å². The van der Waals surface area contributed by atoms with E-state index in [0.717, 1.165) is 50.8 Å². The van der Waals surface area contributed by atoms with Gasteiger partial charge in [0.25, 0.3) is 0 Å². The van der Waals surface area contributed by atoms with E-state index in [2.05, 4.69) is 40.2 Å². The molecule has 2 aliphatic rings. The van der Waals surface area contributed by atoms with Crippen molar-refractivity contribution in [2.24, 2.45) is 0 Å². The molecule has 1 saturated heterocycles. The first-order valence-corrected chi connectivity index (χ1v) is 11.1. The van der Waals surface area contributed by atoms with Gasteiger partial charge in [-0.1, -0.05) is 36.8 Å². The summed E-state index contributed by atoms with van der Waals surface area (Å²) in [5.74, 6) is 0.755. The molecule has 1 aromatic carbocycles. The lowest BCUT2D eigenvalue weighted by Crippen LogP contribution is -2.36. The molecule has 162 valence electrons. The summed E-state index contributed by atoms with van der Waals surface area (Å²) >= 11 is 0. The summed E-state index contributed by atoms with van der Waals surface area (Å²) in [6.07, 6.45) is 6.95. The molecule has 1 fully saturated rings. The summed E-state index contributed by atoms with van der Waals surface area (Å²) in [4.78, 5) is 26.9. The van der Waals surface area contributed by atoms with Crippen molar-refractivity contribution in [2.45, 2.75) is 70.1 Å². The minimum atomic E-state index is -0.151. The fraction of sp³-hybridized carbons (Fsp3) is 0.591. The van der Waals surface area contributed by atoms with Gasteiger partial charge in [0.2, 0.25) is 5.91 Å². The highest BCUT2D eigenvalue weighted by atomic mass is 16.2. The minimum absolute atomic E-state index is 0.0225. The van der Waals surface area contributed by atoms with Crippen LogP contribution >= 0.6 is 0 Å². The van der Waals surface area contributed by atoms with Crippen LogP contribution in [-0.4, -0.2) is 44.8 Å². The van der Waals surface area contributed by atoms with Crippen molar-refractivity contribution in [3.8, 4) is 0 Å². The quantitative estimate of drug-likeness (QED) is 0.722. The van der Waals surface area contributed by atoms with Crippen molar-refractivity contribution in [3.05, 3.63) is 52.2 Å². The van der Waals surface area contributed by atoms with Crippen LogP contribution in [0.1, 0.15) is 56.0 Å². The number of nitrogens with zero attached hydrogens (tertiary/aromatic N) is 4. The van der Waals surface area contributed by atoms with Gasteiger partial charge in [0.15, 0.2) is 0 Å². The number of benzene rings is 1. The maximum atomic E-state index is 12.6. The number of hydrogen-bond acceptors (Lipinski definition) is 5. The lowest BCUT2D eigenvalue weighted by atomic mass is 10.00. The van der Waals surface area contributed by atoms with Crippen LogP contribution in [0.25, 0.3) is 0 Å². The van der Waals surface area contributed by atoms with Crippen LogP contribution in [0.3, 0.4) is 0 Å². The van der Waals surface area contributed by atoms with Gasteiger partial charge in [0.05, 0.1) is 0 Å². The third-order valence-electron chi connectivity index (χ3n) is 6.22. The Hall–Kier alpha value is -2.45. The van der Waals surface area contributed by atoms with Gasteiger partial charge in [0.1, 0.15) is 12.4 Å². The van der Waals surface area contributed by atoms with E-state index < -0.39 is 0 Å². The summed E-state index contributed by atoms with van der Waals surface area (Å²) < 4.78 is 3.08. The Morgan fingerprint density at radius 3 is 2.87 bits per heavy atom. The largest absolute Gasteiger partial charge is 0.346 e. The smallest absolute Gasteiger partial charge is 0.344 e. The second-order valence-electron chi connectivity index (χ2n) is 8.46. The van der Waals surface area contributed by atoms with Crippen LogP contribution in [0.2, 0.25) is 0 Å². The van der Waals surface area contributed by atoms with Crippen LogP contribution in [-0.2, 0) is 24.3 Å². The lowest BCUT2D eigenvalue weighted by Gasteiger charge is -2.18. The van der Waals surface area contributed by atoms with E-state index >= 15 is 0 Å². The van der Waals surface area contributed by atoms with E-state index in [4.69, 9.17) is 0 Å². The van der Waals surface area contributed by atoms with Crippen molar-refractivity contribution in [1.82, 2.24) is 30.1 Å². The number of fused-ring (bicyclic) bond motifs is 1. The van der Waals surface area contributed by atoms with Crippen molar-refractivity contribution >= 4 is 5.91 Å². The first-order chi connectivity index (χ1) is 14.6. The molecule has 2 N–H and O–H groups in total. The highest BCUT2D eigenvalue weighted by Gasteiger charge is 2.25. The van der Waals surface area contributed by atoms with Gasteiger partial charge >= 0.3 is 5.69 Å². The zero-order valence-corrected chi connectivity index (χ0v) is 17.7. The third-order valence-corrected chi connectivity index (χ3v) is 6.22. The van der Waals surface area contributed by atoms with Crippen LogP contribution in [0.15, 0.2) is 35.1 Å². The average Bonchev–Trinajstić information content (AvgIpc) is 3.25. The van der Waals surface area contributed by atoms with E-state index in [1.54, 1.807) is 9.47 Å². The maximum absolute atomic E-state index is 12.6. The predicted molar refractivity (Wildman–Crippen MR) is 115 cm³/mol. The second-order valence-corrected chi connectivity index (χ2v) is 8.46. The monoisotopic (exact) mass is 412 g/mol. The molecule has 0 spiro atoms. The molecule has 0 radical (unpaired) electrons. The number of amides is 1. The number of rotatable bonds is 7. The van der Waals surface area contributed by atoms with Gasteiger partial charge in [-0.3, -0.25) is 20.2 Å². The fourth-order valence-corrected chi connectivity index (χ4v) is 4.39. The number of hydrogen-bond donors (Lipinski definition) is 2. The molecular formula is C22H32N6O2. The number of carbonyl (C=O) groups is 1. The molecule has 8 nitrogen and oxygen atoms in total. The number of likely N-dealkylation sites (N-methyl/N-ethyl adjacent to an activating group) is 1. The van der Waals surface area contributed by atoms with Gasteiger partial charge in [0, 0.05) is 38.6 Å². The Bertz CT molecular complexity index is 906. The zero-order valence-electron chi connectivity index (χ0n) is 17.7. The number of nitrogens with one attached hydrogen (secondary N) is 2. The highest BCUT2D eigenvalue weighted by molar-refractivity contribution is 5.75. The van der Waals surface area contributed by atoms with Crippen LogP contribution in [0, 0.1) is 0 Å². The molecule has 2 atom stereocenters. The first-order valence-electron chi connectivity index (χ1n) is 11.1. The molecule has 1 amide bonds. The maximum Gasteiger partial charge on any atom is 0.346 e. The summed E-state index contributed by atoms with van der Waals surface area (Å²) in [6, 6.07) is 11.2. The molecule has 2 unspecified atom stereocenters. The zero-order chi connectivity index (χ0) is 20.9. The average molecular weight is 413 g/mol. The summed E-state index contributed by atoms with van der Waals surface area (Å²) in [6.45, 7) is 1.41. The number of hydrazine groups is 1. The molecule has 0 saturated carbocycles. The molecular weight excluding hydrogens is 380 g/mol. The summed E-state index contributed by atoms with van der Waals surface area (Å²) in [5, 5.41) is 4.41. The second kappa shape index (κ2) is 9.57. The van der Waals surface area contributed by atoms with Gasteiger partial charge < -0.3 is 4.90 Å². The number of carbonyl (C=O) groups excluding carboxylic acids is 1. The predicted octanol–water partition coefficient (Wildman–Crippen LogP) is 1.62. The molecule has 0 bridgehead atoms. The molecule has 1 aromatic heterocycles. The van der Waals surface area contributed by atoms with Crippen LogP contribution in [0.5, 0.6) is 0 Å². The van der Waals surface area contributed by atoms with Gasteiger partial charge in [-0.2, -0.15) is 5.10 Å². The third kappa shape index (κ3) is 4.82. The Balaban J connectivity index is 1.23. The Morgan fingerprint density at radius 1 is 1.20 bits per heavy atom. The molecule has 30 heavy (non-hydrogen) atoms. The van der Waals surface area contributed by atoms with Crippen LogP contribution in [0.4, 0.5) is 0 Å². The van der Waals surface area contributed by atoms with Crippen molar-refractivity contribution in [2.75, 3.05) is 13.6 Å². The SMILES string of the molecule is CN(CCCC1CC(c2ccccc2)NN1)C(=O)Cn1nc2n(c1=O)CCCCC2. The van der Waals surface area contributed by atoms with Crippen LogP contribution < -0.4 is 16.5 Å². The highest BCUT2D eigenvalue weighted by Crippen LogP contribution is 2.23. The molecule has 0 aliphatic carbocycles. The Labute approximate surface area is 177 Å². The molecule has 4 rings (SSSR count). The standard InChI is InChI=1S/C22H32N6O2/c1-26(13-8-11-18-15-19(24-23-18)17-9-4-2-5-10-17)21(29)16-28-22(30)27-14-7-3-6-12-20(27)25-28/h2,4-5,9-10,18-19,23-24H,3,6-8,11-16H2,1H3. The molecule has 2 aliphatic heterocycles. The lowest BCUT2D eigenvalue weighted by molar-refractivity contribution is -0.130. The summed E-state index contributed by atoms with van der Waals surface area (Å²) in [7, 11) is 1.81. The molecule has 3 heterocycles. The molecule has 2 aromatic rings. The van der Waals surface area contributed by atoms with E-state index in [0.29, 0.717) is 25.2 Å². The van der Waals surface area contributed by atoms with Gasteiger partial charge in [-0.25, -0.2) is 9.48 Å². The topological polar surface area (TPSA) is 84.2 Å². The van der Waals surface area contributed by atoms with Crippen molar-refractivity contribution in [1.29, 1.82) is 0 Å². The van der Waals surface area contributed by atoms with E-state index in [-0.39, 0.29) is 18.1 Å². The van der Waals surface area contributed by atoms with Crippen molar-refractivity contribution < 1.29 is 4.79 Å². The number of aromatic nitrogens is 3. The van der Waals surface area contributed by atoms with E-state index in [9.17, 15) is 9.59 Å². The van der Waals surface area contributed by atoms with Gasteiger partial charge in [-0.05, 0) is 37.7 Å². The Kier molecular flexibility index (Phi) is 6.64. The van der Waals surface area contributed by atoms with Crippen molar-refractivity contribution in [3.63, 3.8) is 0 Å². The minimum Gasteiger partial charge on any atom is -0.344 e. The van der Waals surface area contributed by atoms with Gasteiger partial charge in [-0.15, -0.1) is 0 Å². The fourth-order valence-electron chi connectivity index (χ4n) is 4.39. The Morgan fingerprint density at radius 2 is 2.03 bits per heavy atom. The van der Waals surface area contributed by atoms with E-state index in [1.165, 1.54) is 10.2 Å². The summed E-state index contributed by atoms with van der Waals surface area (Å²) in [5.41, 5.74) is 7.89.